The van der Waals surface area contributed by atoms with Gasteiger partial charge >= 0.3 is 0 Å². The van der Waals surface area contributed by atoms with E-state index in [1.807, 2.05) is 6.07 Å². The van der Waals surface area contributed by atoms with E-state index in [1.165, 1.54) is 17.7 Å². The molecular formula is C19H20ClFN2O. The van der Waals surface area contributed by atoms with Gasteiger partial charge in [-0.3, -0.25) is 4.90 Å². The molecule has 0 unspecified atom stereocenters. The number of piperidine rings is 1. The van der Waals surface area contributed by atoms with E-state index >= 15 is 0 Å². The van der Waals surface area contributed by atoms with Crippen molar-refractivity contribution in [1.29, 1.82) is 0 Å². The van der Waals surface area contributed by atoms with Crippen LogP contribution in [0.5, 0.6) is 0 Å². The van der Waals surface area contributed by atoms with Gasteiger partial charge in [0.25, 0.3) is 0 Å². The van der Waals surface area contributed by atoms with Crippen LogP contribution in [0.4, 0.5) is 4.39 Å². The van der Waals surface area contributed by atoms with Crippen molar-refractivity contribution < 1.29 is 8.91 Å². The van der Waals surface area contributed by atoms with Gasteiger partial charge in [0.1, 0.15) is 5.82 Å². The van der Waals surface area contributed by atoms with Gasteiger partial charge < -0.3 is 4.52 Å². The Bertz CT molecular complexity index is 797. The fraction of sp³-hybridized carbons (Fsp3) is 0.316. The molecule has 126 valence electrons. The predicted molar refractivity (Wildman–Crippen MR) is 94.9 cm³/mol. The molecule has 0 saturated carbocycles. The number of hydrogen-bond acceptors (Lipinski definition) is 3. The summed E-state index contributed by atoms with van der Waals surface area (Å²) in [4.78, 5) is 2.48. The summed E-state index contributed by atoms with van der Waals surface area (Å²) < 4.78 is 18.6. The monoisotopic (exact) mass is 346 g/mol. The maximum atomic E-state index is 13.3. The van der Waals surface area contributed by atoms with Gasteiger partial charge in [-0.15, -0.1) is 12.4 Å². The van der Waals surface area contributed by atoms with Crippen LogP contribution in [0.25, 0.3) is 11.0 Å². The summed E-state index contributed by atoms with van der Waals surface area (Å²) in [7, 11) is 0. The molecule has 5 heteroatoms. The first-order chi connectivity index (χ1) is 11.3. The lowest BCUT2D eigenvalue weighted by Gasteiger charge is -2.31. The van der Waals surface area contributed by atoms with Crippen molar-refractivity contribution in [2.45, 2.75) is 25.3 Å². The number of fused-ring (bicyclic) bond motifs is 1. The Balaban J connectivity index is 0.00000169. The van der Waals surface area contributed by atoms with E-state index in [2.05, 4.69) is 34.3 Å². The second kappa shape index (κ2) is 7.32. The van der Waals surface area contributed by atoms with Crippen molar-refractivity contribution in [2.75, 3.05) is 13.1 Å². The van der Waals surface area contributed by atoms with Crippen LogP contribution in [-0.2, 0) is 6.54 Å². The lowest BCUT2D eigenvalue weighted by Crippen LogP contribution is -2.32. The van der Waals surface area contributed by atoms with Crippen molar-refractivity contribution in [3.8, 4) is 0 Å². The molecule has 1 aliphatic rings. The molecule has 1 saturated heterocycles. The van der Waals surface area contributed by atoms with Crippen molar-refractivity contribution in [3.63, 3.8) is 0 Å². The summed E-state index contributed by atoms with van der Waals surface area (Å²) in [6, 6.07) is 15.2. The van der Waals surface area contributed by atoms with Crippen molar-refractivity contribution in [1.82, 2.24) is 10.1 Å². The molecule has 3 aromatic rings. The SMILES string of the molecule is Cl.Fc1ccc2c(C3CCN(Cc4ccccc4)CC3)noc2c1. The van der Waals surface area contributed by atoms with E-state index in [-0.39, 0.29) is 18.2 Å². The Morgan fingerprint density at radius 1 is 1.08 bits per heavy atom. The zero-order valence-corrected chi connectivity index (χ0v) is 14.1. The van der Waals surface area contributed by atoms with Crippen molar-refractivity contribution >= 4 is 23.4 Å². The van der Waals surface area contributed by atoms with E-state index in [9.17, 15) is 4.39 Å². The minimum absolute atomic E-state index is 0. The molecule has 0 spiro atoms. The van der Waals surface area contributed by atoms with E-state index in [0.29, 0.717) is 11.5 Å². The fourth-order valence-electron chi connectivity index (χ4n) is 3.43. The lowest BCUT2D eigenvalue weighted by atomic mass is 9.91. The fourth-order valence-corrected chi connectivity index (χ4v) is 3.43. The van der Waals surface area contributed by atoms with Gasteiger partial charge in [0.05, 0.1) is 5.69 Å². The number of rotatable bonds is 3. The minimum atomic E-state index is -0.280. The van der Waals surface area contributed by atoms with Crippen LogP contribution in [0, 0.1) is 5.82 Å². The molecule has 0 aliphatic carbocycles. The molecule has 1 fully saturated rings. The lowest BCUT2D eigenvalue weighted by molar-refractivity contribution is 0.202. The number of aromatic nitrogens is 1. The smallest absolute Gasteiger partial charge is 0.170 e. The summed E-state index contributed by atoms with van der Waals surface area (Å²) in [5.41, 5.74) is 2.89. The van der Waals surface area contributed by atoms with Gasteiger partial charge in [0.2, 0.25) is 0 Å². The third-order valence-corrected chi connectivity index (χ3v) is 4.69. The number of hydrogen-bond donors (Lipinski definition) is 0. The second-order valence-electron chi connectivity index (χ2n) is 6.24. The molecule has 24 heavy (non-hydrogen) atoms. The van der Waals surface area contributed by atoms with Gasteiger partial charge in [-0.2, -0.15) is 0 Å². The second-order valence-corrected chi connectivity index (χ2v) is 6.24. The quantitative estimate of drug-likeness (QED) is 0.684. The summed E-state index contributed by atoms with van der Waals surface area (Å²) in [5.74, 6) is 0.117. The Morgan fingerprint density at radius 2 is 1.83 bits per heavy atom. The van der Waals surface area contributed by atoms with Gasteiger partial charge in [0, 0.05) is 23.9 Å². The largest absolute Gasteiger partial charge is 0.356 e. The first-order valence-corrected chi connectivity index (χ1v) is 8.11. The molecule has 0 amide bonds. The average Bonchev–Trinajstić information content (AvgIpc) is 2.99. The minimum Gasteiger partial charge on any atom is -0.356 e. The standard InChI is InChI=1S/C19H19FN2O.ClH/c20-16-6-7-17-18(12-16)23-21-19(17)15-8-10-22(11-9-15)13-14-4-2-1-3-5-14;/h1-7,12,15H,8-11,13H2;1H. The maximum Gasteiger partial charge on any atom is 0.170 e. The molecule has 4 rings (SSSR count). The number of nitrogens with zero attached hydrogens (tertiary/aromatic N) is 2. The van der Waals surface area contributed by atoms with Crippen molar-refractivity contribution in [2.24, 2.45) is 0 Å². The van der Waals surface area contributed by atoms with E-state index in [1.54, 1.807) is 6.07 Å². The zero-order chi connectivity index (χ0) is 15.6. The summed E-state index contributed by atoms with van der Waals surface area (Å²) in [6.45, 7) is 3.10. The Labute approximate surface area is 146 Å². The number of likely N-dealkylation sites (tertiary alicyclic amines) is 1. The molecule has 1 aliphatic heterocycles. The highest BCUT2D eigenvalue weighted by atomic mass is 35.5. The van der Waals surface area contributed by atoms with Crippen molar-refractivity contribution in [3.05, 3.63) is 65.6 Å². The third kappa shape index (κ3) is 3.45. The molecule has 0 bridgehead atoms. The highest BCUT2D eigenvalue weighted by molar-refractivity contribution is 5.85. The molecule has 1 aromatic heterocycles. The van der Waals surface area contributed by atoms with Crippen LogP contribution in [0.1, 0.15) is 30.0 Å². The maximum absolute atomic E-state index is 13.3. The molecule has 3 nitrogen and oxygen atoms in total. The van der Waals surface area contributed by atoms with E-state index in [0.717, 1.165) is 43.6 Å². The molecule has 2 heterocycles. The molecule has 2 aromatic carbocycles. The van der Waals surface area contributed by atoms with E-state index < -0.39 is 0 Å². The van der Waals surface area contributed by atoms with Crippen LogP contribution < -0.4 is 0 Å². The molecule has 0 radical (unpaired) electrons. The zero-order valence-electron chi connectivity index (χ0n) is 13.3. The normalized spacial score (nSPS) is 16.2. The first-order valence-electron chi connectivity index (χ1n) is 8.11. The van der Waals surface area contributed by atoms with Crippen LogP contribution in [0.15, 0.2) is 53.1 Å². The summed E-state index contributed by atoms with van der Waals surface area (Å²) >= 11 is 0. The highest BCUT2D eigenvalue weighted by Crippen LogP contribution is 2.33. The van der Waals surface area contributed by atoms with Crippen LogP contribution in [-0.4, -0.2) is 23.1 Å². The summed E-state index contributed by atoms with van der Waals surface area (Å²) in [5, 5.41) is 5.16. The van der Waals surface area contributed by atoms with Gasteiger partial charge in [-0.25, -0.2) is 4.39 Å². The topological polar surface area (TPSA) is 29.3 Å². The average molecular weight is 347 g/mol. The van der Waals surface area contributed by atoms with Crippen LogP contribution in [0.2, 0.25) is 0 Å². The Morgan fingerprint density at radius 3 is 2.58 bits per heavy atom. The summed E-state index contributed by atoms with van der Waals surface area (Å²) in [6.07, 6.45) is 2.12. The highest BCUT2D eigenvalue weighted by Gasteiger charge is 2.25. The van der Waals surface area contributed by atoms with Crippen LogP contribution in [0.3, 0.4) is 0 Å². The van der Waals surface area contributed by atoms with Crippen LogP contribution >= 0.6 is 12.4 Å². The van der Waals surface area contributed by atoms with Gasteiger partial charge in [-0.1, -0.05) is 35.5 Å². The number of benzene rings is 2. The Kier molecular flexibility index (Phi) is 5.17. The van der Waals surface area contributed by atoms with E-state index in [4.69, 9.17) is 4.52 Å². The van der Waals surface area contributed by atoms with Gasteiger partial charge in [-0.05, 0) is 43.6 Å². The predicted octanol–water partition coefficient (Wildman–Crippen LogP) is 4.77. The van der Waals surface area contributed by atoms with Gasteiger partial charge in [0.15, 0.2) is 5.58 Å². The molecule has 0 atom stereocenters. The third-order valence-electron chi connectivity index (χ3n) is 4.69. The molecule has 0 N–H and O–H groups in total. The number of halogens is 2. The first kappa shape index (κ1) is 16.9. The Hall–Kier alpha value is -1.91. The molecular weight excluding hydrogens is 327 g/mol.